The van der Waals surface area contributed by atoms with E-state index in [1.54, 1.807) is 0 Å². The van der Waals surface area contributed by atoms with E-state index >= 15 is 0 Å². The minimum atomic E-state index is 1.14. The van der Waals surface area contributed by atoms with Crippen LogP contribution in [0.1, 0.15) is 17.7 Å². The van der Waals surface area contributed by atoms with Gasteiger partial charge in [-0.15, -0.1) is 0 Å². The van der Waals surface area contributed by atoms with Crippen molar-refractivity contribution in [2.45, 2.75) is 19.8 Å². The van der Waals surface area contributed by atoms with Crippen LogP contribution < -0.4 is 4.90 Å². The molecular weight excluding hydrogens is 138 g/mol. The van der Waals surface area contributed by atoms with Gasteiger partial charge in [0.25, 0.3) is 0 Å². The van der Waals surface area contributed by atoms with Crippen LogP contribution in [0.25, 0.3) is 0 Å². The molecule has 0 atom stereocenters. The number of hydrogen-bond donors (Lipinski definition) is 1. The molecule has 60 valence electrons. The largest absolute Gasteiger partial charge is 0.358 e. The predicted octanol–water partition coefficient (Wildman–Crippen LogP) is 1.10. The van der Waals surface area contributed by atoms with Crippen LogP contribution in [0.4, 0.5) is 5.82 Å². The first-order valence-corrected chi connectivity index (χ1v) is 4.04. The third kappa shape index (κ3) is 0.914. The van der Waals surface area contributed by atoms with Gasteiger partial charge in [-0.1, -0.05) is 0 Å². The van der Waals surface area contributed by atoms with Crippen molar-refractivity contribution in [3.05, 3.63) is 11.3 Å². The fraction of sp³-hybridized carbons (Fsp3) is 0.625. The average Bonchev–Trinajstić information content (AvgIpc) is 2.35. The number of rotatable bonds is 0. The lowest BCUT2D eigenvalue weighted by Gasteiger charge is -2.22. The van der Waals surface area contributed by atoms with Gasteiger partial charge in [0.05, 0.1) is 0 Å². The molecule has 1 N–H and O–H groups in total. The Kier molecular flexibility index (Phi) is 1.37. The highest BCUT2D eigenvalue weighted by molar-refractivity contribution is 5.50. The Morgan fingerprint density at radius 2 is 2.36 bits per heavy atom. The number of aryl methyl sites for hydroxylation is 1. The third-order valence-electron chi connectivity index (χ3n) is 2.33. The van der Waals surface area contributed by atoms with Crippen molar-refractivity contribution in [2.24, 2.45) is 0 Å². The lowest BCUT2D eigenvalue weighted by atomic mass is 10.1. The molecule has 0 aromatic carbocycles. The Hall–Kier alpha value is -0.990. The summed E-state index contributed by atoms with van der Waals surface area (Å²) in [4.78, 5) is 2.21. The van der Waals surface area contributed by atoms with Gasteiger partial charge >= 0.3 is 0 Å². The molecule has 0 saturated heterocycles. The second-order valence-corrected chi connectivity index (χ2v) is 3.18. The van der Waals surface area contributed by atoms with Gasteiger partial charge in [0.15, 0.2) is 5.82 Å². The Bertz CT molecular complexity index is 264. The van der Waals surface area contributed by atoms with Crippen LogP contribution in [0.5, 0.6) is 0 Å². The topological polar surface area (TPSA) is 31.9 Å². The van der Waals surface area contributed by atoms with E-state index in [9.17, 15) is 0 Å². The summed E-state index contributed by atoms with van der Waals surface area (Å²) in [6, 6.07) is 0. The minimum Gasteiger partial charge on any atom is -0.358 e. The maximum Gasteiger partial charge on any atom is 0.153 e. The number of fused-ring (bicyclic) bond motifs is 1. The zero-order chi connectivity index (χ0) is 7.84. The molecule has 2 rings (SSSR count). The average molecular weight is 151 g/mol. The van der Waals surface area contributed by atoms with E-state index in [4.69, 9.17) is 0 Å². The van der Waals surface area contributed by atoms with Crippen LogP contribution in [0.15, 0.2) is 0 Å². The first-order valence-electron chi connectivity index (χ1n) is 4.04. The molecule has 0 fully saturated rings. The summed E-state index contributed by atoms with van der Waals surface area (Å²) in [6.07, 6.45) is 2.44. The number of nitrogens with zero attached hydrogens (tertiary/aromatic N) is 2. The SMILES string of the molecule is Cc1[nH]nc2c1CCCN2C. The van der Waals surface area contributed by atoms with Gasteiger partial charge in [0.1, 0.15) is 0 Å². The van der Waals surface area contributed by atoms with Crippen LogP contribution in [-0.4, -0.2) is 23.8 Å². The maximum atomic E-state index is 4.24. The molecule has 0 radical (unpaired) electrons. The first kappa shape index (κ1) is 6.70. The number of anilines is 1. The zero-order valence-electron chi connectivity index (χ0n) is 7.02. The smallest absolute Gasteiger partial charge is 0.153 e. The Morgan fingerprint density at radius 1 is 1.55 bits per heavy atom. The van der Waals surface area contributed by atoms with E-state index in [-0.39, 0.29) is 0 Å². The number of aromatic nitrogens is 2. The van der Waals surface area contributed by atoms with Gasteiger partial charge in [-0.2, -0.15) is 5.10 Å². The fourth-order valence-corrected chi connectivity index (χ4v) is 1.65. The number of nitrogens with one attached hydrogen (secondary N) is 1. The lowest BCUT2D eigenvalue weighted by Crippen LogP contribution is -2.24. The monoisotopic (exact) mass is 151 g/mol. The number of H-pyrrole nitrogens is 1. The number of hydrogen-bond acceptors (Lipinski definition) is 2. The lowest BCUT2D eigenvalue weighted by molar-refractivity contribution is 0.736. The van der Waals surface area contributed by atoms with Gasteiger partial charge in [-0.3, -0.25) is 5.10 Å². The van der Waals surface area contributed by atoms with Crippen molar-refractivity contribution in [1.82, 2.24) is 10.2 Å². The van der Waals surface area contributed by atoms with Gasteiger partial charge in [-0.25, -0.2) is 0 Å². The van der Waals surface area contributed by atoms with Crippen molar-refractivity contribution < 1.29 is 0 Å². The normalized spacial score (nSPS) is 16.7. The summed E-state index contributed by atoms with van der Waals surface area (Å²) in [6.45, 7) is 3.22. The molecule has 0 aliphatic carbocycles. The molecule has 3 heteroatoms. The molecule has 1 aromatic heterocycles. The van der Waals surface area contributed by atoms with Gasteiger partial charge in [0, 0.05) is 24.8 Å². The number of aromatic amines is 1. The summed E-state index contributed by atoms with van der Waals surface area (Å²) < 4.78 is 0. The summed E-state index contributed by atoms with van der Waals surface area (Å²) in [5.41, 5.74) is 2.63. The molecule has 2 heterocycles. The van der Waals surface area contributed by atoms with Gasteiger partial charge in [0.2, 0.25) is 0 Å². The van der Waals surface area contributed by atoms with E-state index in [1.165, 1.54) is 24.1 Å². The highest BCUT2D eigenvalue weighted by Gasteiger charge is 2.17. The summed E-state index contributed by atoms with van der Waals surface area (Å²) in [5, 5.41) is 7.26. The predicted molar refractivity (Wildman–Crippen MR) is 44.9 cm³/mol. The summed E-state index contributed by atoms with van der Waals surface area (Å²) in [5.74, 6) is 1.15. The second kappa shape index (κ2) is 2.26. The molecule has 3 nitrogen and oxygen atoms in total. The maximum absolute atomic E-state index is 4.24. The van der Waals surface area contributed by atoms with E-state index in [0.717, 1.165) is 12.4 Å². The molecule has 0 unspecified atom stereocenters. The molecule has 1 aromatic rings. The highest BCUT2D eigenvalue weighted by atomic mass is 15.3. The van der Waals surface area contributed by atoms with Crippen LogP contribution >= 0.6 is 0 Å². The second-order valence-electron chi connectivity index (χ2n) is 3.18. The Balaban J connectivity index is 2.46. The van der Waals surface area contributed by atoms with E-state index in [1.807, 2.05) is 0 Å². The van der Waals surface area contributed by atoms with Crippen LogP contribution in [0.2, 0.25) is 0 Å². The van der Waals surface area contributed by atoms with Crippen molar-refractivity contribution in [1.29, 1.82) is 0 Å². The van der Waals surface area contributed by atoms with E-state index < -0.39 is 0 Å². The highest BCUT2D eigenvalue weighted by Crippen LogP contribution is 2.25. The minimum absolute atomic E-state index is 1.14. The first-order chi connectivity index (χ1) is 5.29. The van der Waals surface area contributed by atoms with Crippen molar-refractivity contribution in [3.8, 4) is 0 Å². The van der Waals surface area contributed by atoms with Crippen molar-refractivity contribution in [3.63, 3.8) is 0 Å². The van der Waals surface area contributed by atoms with Crippen molar-refractivity contribution in [2.75, 3.05) is 18.5 Å². The van der Waals surface area contributed by atoms with Gasteiger partial charge < -0.3 is 4.90 Å². The molecule has 1 aliphatic heterocycles. The van der Waals surface area contributed by atoms with Crippen LogP contribution in [0.3, 0.4) is 0 Å². The quantitative estimate of drug-likeness (QED) is 0.602. The molecule has 1 aliphatic rings. The zero-order valence-corrected chi connectivity index (χ0v) is 7.02. The van der Waals surface area contributed by atoms with E-state index in [0.29, 0.717) is 0 Å². The summed E-state index contributed by atoms with van der Waals surface area (Å²) in [7, 11) is 2.10. The molecule has 0 spiro atoms. The Labute approximate surface area is 66.4 Å². The van der Waals surface area contributed by atoms with Crippen molar-refractivity contribution >= 4 is 5.82 Å². The summed E-state index contributed by atoms with van der Waals surface area (Å²) >= 11 is 0. The third-order valence-corrected chi connectivity index (χ3v) is 2.33. The molecular formula is C8H13N3. The molecule has 0 amide bonds. The molecule has 0 bridgehead atoms. The van der Waals surface area contributed by atoms with Crippen LogP contribution in [-0.2, 0) is 6.42 Å². The molecule has 11 heavy (non-hydrogen) atoms. The fourth-order valence-electron chi connectivity index (χ4n) is 1.65. The van der Waals surface area contributed by atoms with E-state index in [2.05, 4.69) is 29.1 Å². The molecule has 0 saturated carbocycles. The van der Waals surface area contributed by atoms with Gasteiger partial charge in [-0.05, 0) is 19.8 Å². The standard InChI is InChI=1S/C8H13N3/c1-6-7-4-3-5-11(2)8(7)10-9-6/h3-5H2,1-2H3,(H,9,10). The Morgan fingerprint density at radius 3 is 3.09 bits per heavy atom. The van der Waals surface area contributed by atoms with Crippen LogP contribution in [0, 0.1) is 6.92 Å².